The van der Waals surface area contributed by atoms with Crippen molar-refractivity contribution in [3.8, 4) is 0 Å². The summed E-state index contributed by atoms with van der Waals surface area (Å²) in [7, 11) is 0. The topological polar surface area (TPSA) is 46.3 Å². The summed E-state index contributed by atoms with van der Waals surface area (Å²) in [6.45, 7) is 6.83. The lowest BCUT2D eigenvalue weighted by Gasteiger charge is -2.17. The van der Waals surface area contributed by atoms with Crippen LogP contribution in [0.1, 0.15) is 26.7 Å². The zero-order valence-corrected chi connectivity index (χ0v) is 8.62. The number of rotatable bonds is 4. The largest absolute Gasteiger partial charge is 0.342 e. The average molecular weight is 184 g/mol. The average Bonchev–Trinajstić information content (AvgIpc) is 2.44. The highest BCUT2D eigenvalue weighted by molar-refractivity contribution is 5.78. The molecule has 2 N–H and O–H groups in total. The fraction of sp³-hybridized carbons (Fsp3) is 0.900. The zero-order valence-electron chi connectivity index (χ0n) is 8.62. The third kappa shape index (κ3) is 2.69. The van der Waals surface area contributed by atoms with Crippen molar-refractivity contribution in [3.05, 3.63) is 0 Å². The van der Waals surface area contributed by atoms with Crippen molar-refractivity contribution in [2.75, 3.05) is 19.6 Å². The van der Waals surface area contributed by atoms with Gasteiger partial charge < -0.3 is 10.6 Å². The van der Waals surface area contributed by atoms with Gasteiger partial charge in [-0.25, -0.2) is 0 Å². The van der Waals surface area contributed by atoms with Crippen LogP contribution in [0.3, 0.4) is 0 Å². The molecule has 1 unspecified atom stereocenters. The molecule has 1 aliphatic heterocycles. The summed E-state index contributed by atoms with van der Waals surface area (Å²) in [5.41, 5.74) is 5.41. The molecule has 1 amide bonds. The quantitative estimate of drug-likeness (QED) is 0.703. The van der Waals surface area contributed by atoms with E-state index in [-0.39, 0.29) is 0 Å². The van der Waals surface area contributed by atoms with Gasteiger partial charge in [0.25, 0.3) is 0 Å². The summed E-state index contributed by atoms with van der Waals surface area (Å²) >= 11 is 0. The van der Waals surface area contributed by atoms with E-state index in [9.17, 15) is 4.79 Å². The molecule has 1 aliphatic rings. The van der Waals surface area contributed by atoms with Crippen molar-refractivity contribution in [3.63, 3.8) is 0 Å². The van der Waals surface area contributed by atoms with Gasteiger partial charge in [0.1, 0.15) is 0 Å². The highest BCUT2D eigenvalue weighted by Gasteiger charge is 2.30. The summed E-state index contributed by atoms with van der Waals surface area (Å²) in [4.78, 5) is 13.4. The molecule has 3 nitrogen and oxygen atoms in total. The molecule has 1 atom stereocenters. The molecule has 0 aromatic rings. The molecule has 0 aromatic carbocycles. The Bertz CT molecular complexity index is 180. The smallest absolute Gasteiger partial charge is 0.222 e. The van der Waals surface area contributed by atoms with Crippen LogP contribution < -0.4 is 5.73 Å². The van der Waals surface area contributed by atoms with Gasteiger partial charge in [0.05, 0.1) is 0 Å². The van der Waals surface area contributed by atoms with E-state index in [1.165, 1.54) is 0 Å². The molecular formula is C10H20N2O. The van der Waals surface area contributed by atoms with Gasteiger partial charge >= 0.3 is 0 Å². The zero-order chi connectivity index (χ0) is 9.84. The minimum Gasteiger partial charge on any atom is -0.342 e. The van der Waals surface area contributed by atoms with Gasteiger partial charge in [-0.1, -0.05) is 13.8 Å². The van der Waals surface area contributed by atoms with Gasteiger partial charge in [-0.05, 0) is 24.8 Å². The third-order valence-electron chi connectivity index (χ3n) is 2.82. The van der Waals surface area contributed by atoms with Crippen LogP contribution in [-0.4, -0.2) is 30.4 Å². The first kappa shape index (κ1) is 10.5. The van der Waals surface area contributed by atoms with Crippen LogP contribution in [0.5, 0.6) is 0 Å². The Morgan fingerprint density at radius 3 is 2.77 bits per heavy atom. The molecule has 3 heteroatoms. The number of likely N-dealkylation sites (tertiary alicyclic amines) is 1. The van der Waals surface area contributed by atoms with Crippen LogP contribution in [0.25, 0.3) is 0 Å². The van der Waals surface area contributed by atoms with Crippen molar-refractivity contribution in [2.45, 2.75) is 26.7 Å². The summed E-state index contributed by atoms with van der Waals surface area (Å²) in [5.74, 6) is 1.49. The second kappa shape index (κ2) is 4.61. The lowest BCUT2D eigenvalue weighted by molar-refractivity contribution is -0.127. The van der Waals surface area contributed by atoms with Crippen molar-refractivity contribution in [1.82, 2.24) is 4.90 Å². The molecule has 1 rings (SSSR count). The molecule has 1 fully saturated rings. The first-order valence-corrected chi connectivity index (χ1v) is 5.13. The Kier molecular flexibility index (Phi) is 3.72. The van der Waals surface area contributed by atoms with E-state index in [1.807, 2.05) is 4.90 Å². The van der Waals surface area contributed by atoms with Gasteiger partial charge in [-0.2, -0.15) is 0 Å². The van der Waals surface area contributed by atoms with E-state index in [4.69, 9.17) is 5.73 Å². The first-order chi connectivity index (χ1) is 6.15. The van der Waals surface area contributed by atoms with E-state index >= 15 is 0 Å². The summed E-state index contributed by atoms with van der Waals surface area (Å²) in [6, 6.07) is 0. The minimum atomic E-state index is 0.312. The molecule has 0 bridgehead atoms. The van der Waals surface area contributed by atoms with Gasteiger partial charge in [0, 0.05) is 19.5 Å². The Hall–Kier alpha value is -0.570. The van der Waals surface area contributed by atoms with Crippen LogP contribution in [0.2, 0.25) is 0 Å². The van der Waals surface area contributed by atoms with Crippen molar-refractivity contribution < 1.29 is 4.79 Å². The minimum absolute atomic E-state index is 0.312. The standard InChI is InChI=1S/C10H20N2O/c1-8(2)9-6-10(13)12(7-9)5-3-4-11/h8-9H,3-7,11H2,1-2H3. The van der Waals surface area contributed by atoms with E-state index in [1.54, 1.807) is 0 Å². The second-order valence-corrected chi connectivity index (χ2v) is 4.19. The van der Waals surface area contributed by atoms with Crippen LogP contribution >= 0.6 is 0 Å². The molecule has 1 heterocycles. The number of hydrogen-bond donors (Lipinski definition) is 1. The van der Waals surface area contributed by atoms with Crippen molar-refractivity contribution >= 4 is 5.91 Å². The monoisotopic (exact) mass is 184 g/mol. The Morgan fingerprint density at radius 1 is 1.62 bits per heavy atom. The molecular weight excluding hydrogens is 164 g/mol. The predicted molar refractivity (Wildman–Crippen MR) is 53.2 cm³/mol. The number of hydrogen-bond acceptors (Lipinski definition) is 2. The molecule has 0 radical (unpaired) electrons. The molecule has 0 saturated carbocycles. The molecule has 0 spiro atoms. The molecule has 13 heavy (non-hydrogen) atoms. The second-order valence-electron chi connectivity index (χ2n) is 4.19. The Balaban J connectivity index is 2.37. The van der Waals surface area contributed by atoms with E-state index in [0.29, 0.717) is 24.3 Å². The van der Waals surface area contributed by atoms with Gasteiger partial charge in [0.2, 0.25) is 5.91 Å². The molecule has 76 valence electrons. The Morgan fingerprint density at radius 2 is 2.31 bits per heavy atom. The third-order valence-corrected chi connectivity index (χ3v) is 2.82. The summed E-state index contributed by atoms with van der Waals surface area (Å²) < 4.78 is 0. The summed E-state index contributed by atoms with van der Waals surface area (Å²) in [5, 5.41) is 0. The van der Waals surface area contributed by atoms with Crippen LogP contribution in [0.4, 0.5) is 0 Å². The number of carbonyl (C=O) groups is 1. The first-order valence-electron chi connectivity index (χ1n) is 5.13. The number of amides is 1. The van der Waals surface area contributed by atoms with Gasteiger partial charge in [-0.15, -0.1) is 0 Å². The molecule has 0 aromatic heterocycles. The maximum absolute atomic E-state index is 11.5. The number of nitrogens with zero attached hydrogens (tertiary/aromatic N) is 1. The fourth-order valence-electron chi connectivity index (χ4n) is 1.75. The normalized spacial score (nSPS) is 23.2. The highest BCUT2D eigenvalue weighted by Crippen LogP contribution is 2.24. The van der Waals surface area contributed by atoms with Gasteiger partial charge in [-0.3, -0.25) is 4.79 Å². The lowest BCUT2D eigenvalue weighted by Crippen LogP contribution is -2.28. The van der Waals surface area contributed by atoms with Crippen molar-refractivity contribution in [1.29, 1.82) is 0 Å². The Labute approximate surface area is 80.3 Å². The number of carbonyl (C=O) groups excluding carboxylic acids is 1. The van der Waals surface area contributed by atoms with E-state index in [0.717, 1.165) is 25.9 Å². The van der Waals surface area contributed by atoms with Crippen LogP contribution in [0, 0.1) is 11.8 Å². The maximum Gasteiger partial charge on any atom is 0.222 e. The summed E-state index contributed by atoms with van der Waals surface area (Å²) in [6.07, 6.45) is 1.67. The van der Waals surface area contributed by atoms with Crippen LogP contribution in [0.15, 0.2) is 0 Å². The van der Waals surface area contributed by atoms with Crippen molar-refractivity contribution in [2.24, 2.45) is 17.6 Å². The fourth-order valence-corrected chi connectivity index (χ4v) is 1.75. The van der Waals surface area contributed by atoms with E-state index in [2.05, 4.69) is 13.8 Å². The molecule has 1 saturated heterocycles. The molecule has 0 aliphatic carbocycles. The number of nitrogens with two attached hydrogens (primary N) is 1. The SMILES string of the molecule is CC(C)C1CC(=O)N(CCCN)C1. The van der Waals surface area contributed by atoms with Gasteiger partial charge in [0.15, 0.2) is 0 Å². The predicted octanol–water partition coefficient (Wildman–Crippen LogP) is 0.840. The highest BCUT2D eigenvalue weighted by atomic mass is 16.2. The maximum atomic E-state index is 11.5. The van der Waals surface area contributed by atoms with E-state index < -0.39 is 0 Å². The van der Waals surface area contributed by atoms with Crippen LogP contribution in [-0.2, 0) is 4.79 Å². The lowest BCUT2D eigenvalue weighted by atomic mass is 9.95.